The third kappa shape index (κ3) is 5.27. The number of hydrogen-bond donors (Lipinski definition) is 2. The van der Waals surface area contributed by atoms with Crippen LogP contribution in [0.25, 0.3) is 0 Å². The minimum absolute atomic E-state index is 0.0685. The maximum absolute atomic E-state index is 12.9. The van der Waals surface area contributed by atoms with Crippen molar-refractivity contribution in [2.45, 2.75) is 32.1 Å². The van der Waals surface area contributed by atoms with E-state index in [1.165, 1.54) is 27.4 Å². The maximum atomic E-state index is 12.9. The van der Waals surface area contributed by atoms with Gasteiger partial charge in [-0.25, -0.2) is 4.79 Å². The fraction of sp³-hybridized carbons (Fsp3) is 0.458. The lowest BCUT2D eigenvalue weighted by Gasteiger charge is -2.23. The molecule has 3 rings (SSSR count). The van der Waals surface area contributed by atoms with E-state index in [0.717, 1.165) is 6.42 Å². The molecule has 1 fully saturated rings. The Morgan fingerprint density at radius 1 is 1.18 bits per heavy atom. The summed E-state index contributed by atoms with van der Waals surface area (Å²) in [5.74, 6) is -0.285. The van der Waals surface area contributed by atoms with Crippen LogP contribution in [0, 0.1) is 6.92 Å². The summed E-state index contributed by atoms with van der Waals surface area (Å²) in [5.41, 5.74) is -0.382. The molecule has 0 bridgehead atoms. The highest BCUT2D eigenvalue weighted by atomic mass is 16.5. The van der Waals surface area contributed by atoms with Gasteiger partial charge in [-0.2, -0.15) is 0 Å². The molecular formula is C24H30N2O8. The van der Waals surface area contributed by atoms with Gasteiger partial charge >= 0.3 is 5.63 Å². The highest BCUT2D eigenvalue weighted by Gasteiger charge is 2.31. The molecule has 2 amide bonds. The number of carbonyl (C=O) groups excluding carboxylic acids is 2. The standard InChI is InChI=1S/C24H30N2O8/c1-14-12-17(27)21(24(30)34-14)16(13-19(28)25-9-11-26-10-5-6-20(26)29)15-7-8-18(31-2)23(33-4)22(15)32-3/h7-8,12,16,27H,5-6,9-11,13H2,1-4H3,(H,25,28). The van der Waals surface area contributed by atoms with Crippen LogP contribution in [-0.2, 0) is 9.59 Å². The molecule has 0 aliphatic carbocycles. The van der Waals surface area contributed by atoms with Gasteiger partial charge < -0.3 is 34.0 Å². The van der Waals surface area contributed by atoms with Crippen LogP contribution in [0.5, 0.6) is 23.0 Å². The molecule has 2 N–H and O–H groups in total. The molecule has 1 saturated heterocycles. The predicted octanol–water partition coefficient (Wildman–Crippen LogP) is 1.94. The van der Waals surface area contributed by atoms with Crippen molar-refractivity contribution in [2.75, 3.05) is 41.0 Å². The molecule has 34 heavy (non-hydrogen) atoms. The number of carbonyl (C=O) groups is 2. The number of benzene rings is 1. The number of nitrogens with one attached hydrogen (secondary N) is 1. The molecule has 1 aliphatic rings. The molecule has 1 aromatic carbocycles. The van der Waals surface area contributed by atoms with Crippen molar-refractivity contribution >= 4 is 11.8 Å². The molecule has 1 aromatic heterocycles. The maximum Gasteiger partial charge on any atom is 0.343 e. The van der Waals surface area contributed by atoms with Gasteiger partial charge in [-0.15, -0.1) is 0 Å². The molecule has 0 spiro atoms. The van der Waals surface area contributed by atoms with Crippen molar-refractivity contribution in [3.8, 4) is 23.0 Å². The van der Waals surface area contributed by atoms with Crippen molar-refractivity contribution in [1.29, 1.82) is 0 Å². The molecular weight excluding hydrogens is 444 g/mol. The van der Waals surface area contributed by atoms with Gasteiger partial charge in [0.25, 0.3) is 0 Å². The van der Waals surface area contributed by atoms with Gasteiger partial charge in [0.1, 0.15) is 11.5 Å². The summed E-state index contributed by atoms with van der Waals surface area (Å²) < 4.78 is 21.6. The molecule has 10 heteroatoms. The zero-order valence-corrected chi connectivity index (χ0v) is 19.8. The first-order valence-electron chi connectivity index (χ1n) is 11.0. The molecule has 1 atom stereocenters. The zero-order valence-electron chi connectivity index (χ0n) is 19.8. The minimum atomic E-state index is -0.903. The second-order valence-corrected chi connectivity index (χ2v) is 7.96. The Balaban J connectivity index is 1.95. The van der Waals surface area contributed by atoms with E-state index in [2.05, 4.69) is 5.32 Å². The number of hydrogen-bond acceptors (Lipinski definition) is 8. The van der Waals surface area contributed by atoms with E-state index in [-0.39, 0.29) is 53.4 Å². The fourth-order valence-electron chi connectivity index (χ4n) is 4.22. The molecule has 1 aliphatic heterocycles. The lowest BCUT2D eigenvalue weighted by Crippen LogP contribution is -2.36. The molecule has 0 saturated carbocycles. The van der Waals surface area contributed by atoms with Crippen LogP contribution >= 0.6 is 0 Å². The average molecular weight is 475 g/mol. The third-order valence-corrected chi connectivity index (χ3v) is 5.81. The summed E-state index contributed by atoms with van der Waals surface area (Å²) in [6, 6.07) is 4.61. The smallest absolute Gasteiger partial charge is 0.343 e. The Bertz CT molecular complexity index is 1110. The zero-order chi connectivity index (χ0) is 24.8. The quantitative estimate of drug-likeness (QED) is 0.535. The third-order valence-electron chi connectivity index (χ3n) is 5.81. The minimum Gasteiger partial charge on any atom is -0.507 e. The SMILES string of the molecule is COc1ccc(C(CC(=O)NCCN2CCCC2=O)c2c(O)cc(C)oc2=O)c(OC)c1OC. The van der Waals surface area contributed by atoms with Crippen LogP contribution in [0.1, 0.15) is 42.1 Å². The Morgan fingerprint density at radius 2 is 1.91 bits per heavy atom. The number of aryl methyl sites for hydroxylation is 1. The first kappa shape index (κ1) is 24.9. The van der Waals surface area contributed by atoms with Crippen molar-refractivity contribution in [3.63, 3.8) is 0 Å². The Kier molecular flexibility index (Phi) is 8.04. The van der Waals surface area contributed by atoms with Crippen LogP contribution in [0.3, 0.4) is 0 Å². The molecule has 2 heterocycles. The second-order valence-electron chi connectivity index (χ2n) is 7.96. The van der Waals surface area contributed by atoms with Gasteiger partial charge in [-0.3, -0.25) is 9.59 Å². The van der Waals surface area contributed by atoms with E-state index >= 15 is 0 Å². The Morgan fingerprint density at radius 3 is 2.50 bits per heavy atom. The molecule has 10 nitrogen and oxygen atoms in total. The lowest BCUT2D eigenvalue weighted by molar-refractivity contribution is -0.128. The highest BCUT2D eigenvalue weighted by molar-refractivity contribution is 5.79. The van der Waals surface area contributed by atoms with Crippen molar-refractivity contribution < 1.29 is 33.3 Å². The number of methoxy groups -OCH3 is 3. The number of nitrogens with zero attached hydrogens (tertiary/aromatic N) is 1. The van der Waals surface area contributed by atoms with Crippen LogP contribution in [0.15, 0.2) is 27.4 Å². The molecule has 184 valence electrons. The first-order chi connectivity index (χ1) is 16.3. The van der Waals surface area contributed by atoms with Gasteiger partial charge in [0, 0.05) is 50.0 Å². The van der Waals surface area contributed by atoms with Gasteiger partial charge in [0.15, 0.2) is 11.5 Å². The van der Waals surface area contributed by atoms with E-state index in [1.54, 1.807) is 24.0 Å². The Hall–Kier alpha value is -3.69. The first-order valence-corrected chi connectivity index (χ1v) is 11.0. The number of aromatic hydroxyl groups is 1. The lowest BCUT2D eigenvalue weighted by atomic mass is 9.87. The predicted molar refractivity (Wildman–Crippen MR) is 123 cm³/mol. The van der Waals surface area contributed by atoms with Crippen molar-refractivity contribution in [2.24, 2.45) is 0 Å². The highest BCUT2D eigenvalue weighted by Crippen LogP contribution is 2.45. The number of likely N-dealkylation sites (tertiary alicyclic amines) is 1. The van der Waals surface area contributed by atoms with E-state index in [4.69, 9.17) is 18.6 Å². The fourth-order valence-corrected chi connectivity index (χ4v) is 4.22. The second kappa shape index (κ2) is 11.0. The van der Waals surface area contributed by atoms with Crippen molar-refractivity contribution in [3.05, 3.63) is 45.5 Å². The van der Waals surface area contributed by atoms with E-state index in [1.807, 2.05) is 0 Å². The van der Waals surface area contributed by atoms with Crippen LogP contribution in [0.2, 0.25) is 0 Å². The number of rotatable bonds is 10. The normalized spacial score (nSPS) is 14.1. The topological polar surface area (TPSA) is 128 Å². The number of ether oxygens (including phenoxy) is 3. The van der Waals surface area contributed by atoms with Gasteiger partial charge in [0.2, 0.25) is 17.6 Å². The average Bonchev–Trinajstić information content (AvgIpc) is 3.21. The Labute approximate surface area is 197 Å². The van der Waals surface area contributed by atoms with Crippen LogP contribution < -0.4 is 25.2 Å². The summed E-state index contributed by atoms with van der Waals surface area (Å²) in [5, 5.41) is 13.4. The van der Waals surface area contributed by atoms with Gasteiger partial charge in [-0.05, 0) is 19.4 Å². The largest absolute Gasteiger partial charge is 0.507 e. The summed E-state index contributed by atoms with van der Waals surface area (Å²) in [4.78, 5) is 39.1. The summed E-state index contributed by atoms with van der Waals surface area (Å²) in [7, 11) is 4.36. The summed E-state index contributed by atoms with van der Waals surface area (Å²) in [6.07, 6.45) is 1.16. The summed E-state index contributed by atoms with van der Waals surface area (Å²) in [6.45, 7) is 2.91. The summed E-state index contributed by atoms with van der Waals surface area (Å²) >= 11 is 0. The monoisotopic (exact) mass is 474 g/mol. The number of amides is 2. The molecule has 0 radical (unpaired) electrons. The van der Waals surface area contributed by atoms with E-state index in [0.29, 0.717) is 30.8 Å². The van der Waals surface area contributed by atoms with Crippen LogP contribution in [-0.4, -0.2) is 62.8 Å². The van der Waals surface area contributed by atoms with Gasteiger partial charge in [0.05, 0.1) is 26.9 Å². The van der Waals surface area contributed by atoms with E-state index < -0.39 is 11.5 Å². The molecule has 2 aromatic rings. The van der Waals surface area contributed by atoms with Crippen molar-refractivity contribution in [1.82, 2.24) is 10.2 Å². The molecule has 1 unspecified atom stereocenters. The van der Waals surface area contributed by atoms with Gasteiger partial charge in [-0.1, -0.05) is 6.07 Å². The van der Waals surface area contributed by atoms with Crippen LogP contribution in [0.4, 0.5) is 0 Å². The van der Waals surface area contributed by atoms with E-state index in [9.17, 15) is 19.5 Å².